The normalized spacial score (nSPS) is 20.0. The molecule has 2 rings (SSSR count). The Labute approximate surface area is 83.9 Å². The molecule has 0 saturated carbocycles. The quantitative estimate of drug-likeness (QED) is 0.711. The molecule has 0 spiro atoms. The van der Waals surface area contributed by atoms with Crippen molar-refractivity contribution in [2.75, 3.05) is 6.61 Å². The fourth-order valence-corrected chi connectivity index (χ4v) is 1.54. The summed E-state index contributed by atoms with van der Waals surface area (Å²) in [6.07, 6.45) is 2.60. The predicted octanol–water partition coefficient (Wildman–Crippen LogP) is 2.21. The molecule has 1 aliphatic rings. The van der Waals surface area contributed by atoms with E-state index < -0.39 is 0 Å². The number of aliphatic imine (C=N–C) groups is 1. The van der Waals surface area contributed by atoms with E-state index in [-0.39, 0.29) is 6.04 Å². The first-order chi connectivity index (χ1) is 6.88. The first kappa shape index (κ1) is 9.00. The van der Waals surface area contributed by atoms with Crippen LogP contribution in [0.2, 0.25) is 0 Å². The van der Waals surface area contributed by atoms with E-state index in [1.807, 2.05) is 18.2 Å². The summed E-state index contributed by atoms with van der Waals surface area (Å²) in [4.78, 5) is 4.38. The van der Waals surface area contributed by atoms with E-state index in [1.165, 1.54) is 5.56 Å². The minimum absolute atomic E-state index is 0.255. The van der Waals surface area contributed by atoms with Gasteiger partial charge in [-0.05, 0) is 18.1 Å². The van der Waals surface area contributed by atoms with Gasteiger partial charge in [0.1, 0.15) is 6.61 Å². The van der Waals surface area contributed by atoms with Crippen LogP contribution in [-0.4, -0.2) is 18.5 Å². The largest absolute Gasteiger partial charge is 0.476 e. The Kier molecular flexibility index (Phi) is 2.63. The zero-order valence-electron chi connectivity index (χ0n) is 8.02. The van der Waals surface area contributed by atoms with Gasteiger partial charge in [0.2, 0.25) is 5.90 Å². The lowest BCUT2D eigenvalue weighted by molar-refractivity contribution is 0.318. The minimum Gasteiger partial charge on any atom is -0.476 e. The Bertz CT molecular complexity index is 343. The maximum Gasteiger partial charge on any atom is 0.208 e. The Morgan fingerprint density at radius 3 is 2.86 bits per heavy atom. The van der Waals surface area contributed by atoms with Crippen molar-refractivity contribution >= 4 is 5.90 Å². The van der Waals surface area contributed by atoms with Gasteiger partial charge >= 0.3 is 0 Å². The van der Waals surface area contributed by atoms with Crippen molar-refractivity contribution in [2.45, 2.75) is 12.5 Å². The molecule has 1 heterocycles. The predicted molar refractivity (Wildman–Crippen MR) is 57.5 cm³/mol. The van der Waals surface area contributed by atoms with Crippen LogP contribution in [0.15, 0.2) is 48.0 Å². The van der Waals surface area contributed by atoms with Gasteiger partial charge in [-0.3, -0.25) is 0 Å². The highest BCUT2D eigenvalue weighted by Gasteiger charge is 2.16. The molecule has 0 fully saturated rings. The Hall–Kier alpha value is -1.57. The molecule has 0 saturated heterocycles. The van der Waals surface area contributed by atoms with Crippen LogP contribution in [0.25, 0.3) is 0 Å². The molecule has 0 radical (unpaired) electrons. The summed E-state index contributed by atoms with van der Waals surface area (Å²) in [5.41, 5.74) is 1.30. The summed E-state index contributed by atoms with van der Waals surface area (Å²) in [6, 6.07) is 10.6. The summed E-state index contributed by atoms with van der Waals surface area (Å²) in [5, 5.41) is 0. The van der Waals surface area contributed by atoms with E-state index in [0.29, 0.717) is 12.5 Å². The van der Waals surface area contributed by atoms with Crippen molar-refractivity contribution in [3.63, 3.8) is 0 Å². The third-order valence-electron chi connectivity index (χ3n) is 2.22. The van der Waals surface area contributed by atoms with E-state index >= 15 is 0 Å². The van der Waals surface area contributed by atoms with Gasteiger partial charge in [-0.2, -0.15) is 0 Å². The van der Waals surface area contributed by atoms with Crippen LogP contribution < -0.4 is 0 Å². The maximum atomic E-state index is 5.32. The number of benzene rings is 1. The molecule has 1 aromatic carbocycles. The molecule has 0 amide bonds. The van der Waals surface area contributed by atoms with Gasteiger partial charge in [-0.25, -0.2) is 4.99 Å². The average Bonchev–Trinajstić information content (AvgIpc) is 2.67. The highest BCUT2D eigenvalue weighted by molar-refractivity contribution is 5.88. The fraction of sp³-hybridized carbons (Fsp3) is 0.250. The molecule has 1 aliphatic heterocycles. The van der Waals surface area contributed by atoms with Gasteiger partial charge in [0.25, 0.3) is 0 Å². The zero-order chi connectivity index (χ0) is 9.80. The topological polar surface area (TPSA) is 21.6 Å². The SMILES string of the molecule is C=CC1=N[C@@H](Cc2ccccc2)CO1. The van der Waals surface area contributed by atoms with Gasteiger partial charge in [-0.1, -0.05) is 36.9 Å². The summed E-state index contributed by atoms with van der Waals surface area (Å²) in [5.74, 6) is 0.672. The van der Waals surface area contributed by atoms with Crippen LogP contribution in [0.3, 0.4) is 0 Å². The van der Waals surface area contributed by atoms with Crippen LogP contribution in [0.5, 0.6) is 0 Å². The van der Waals surface area contributed by atoms with Gasteiger partial charge in [0.15, 0.2) is 0 Å². The molecule has 1 aromatic rings. The number of hydrogen-bond acceptors (Lipinski definition) is 2. The molecule has 2 heteroatoms. The lowest BCUT2D eigenvalue weighted by Crippen LogP contribution is -2.09. The molecule has 72 valence electrons. The van der Waals surface area contributed by atoms with Gasteiger partial charge in [-0.15, -0.1) is 0 Å². The lowest BCUT2D eigenvalue weighted by Gasteiger charge is -2.03. The second-order valence-corrected chi connectivity index (χ2v) is 3.33. The Morgan fingerprint density at radius 1 is 1.43 bits per heavy atom. The number of hydrogen-bond donors (Lipinski definition) is 0. The van der Waals surface area contributed by atoms with Crippen molar-refractivity contribution in [1.82, 2.24) is 0 Å². The molecular formula is C12H13NO. The van der Waals surface area contributed by atoms with Crippen LogP contribution in [0.1, 0.15) is 5.56 Å². The van der Waals surface area contributed by atoms with Crippen LogP contribution in [0, 0.1) is 0 Å². The van der Waals surface area contributed by atoms with Crippen LogP contribution in [-0.2, 0) is 11.2 Å². The molecule has 1 atom stereocenters. The number of ether oxygens (including phenoxy) is 1. The highest BCUT2D eigenvalue weighted by atomic mass is 16.5. The Balaban J connectivity index is 2.00. The lowest BCUT2D eigenvalue weighted by atomic mass is 10.1. The van der Waals surface area contributed by atoms with Crippen molar-refractivity contribution in [2.24, 2.45) is 4.99 Å². The standard InChI is InChI=1S/C12H13NO/c1-2-12-13-11(9-14-12)8-10-6-4-3-5-7-10/h2-7,11H,1,8-9H2/t11-/m0/s1. The van der Waals surface area contributed by atoms with E-state index in [1.54, 1.807) is 6.08 Å². The fourth-order valence-electron chi connectivity index (χ4n) is 1.54. The summed E-state index contributed by atoms with van der Waals surface area (Å²) in [7, 11) is 0. The first-order valence-corrected chi connectivity index (χ1v) is 4.75. The average molecular weight is 187 g/mol. The molecule has 2 nitrogen and oxygen atoms in total. The molecule has 0 bridgehead atoms. The van der Waals surface area contributed by atoms with Crippen molar-refractivity contribution in [1.29, 1.82) is 0 Å². The third-order valence-corrected chi connectivity index (χ3v) is 2.22. The van der Waals surface area contributed by atoms with E-state index in [4.69, 9.17) is 4.74 Å². The van der Waals surface area contributed by atoms with Gasteiger partial charge in [0, 0.05) is 0 Å². The first-order valence-electron chi connectivity index (χ1n) is 4.75. The maximum absolute atomic E-state index is 5.32. The van der Waals surface area contributed by atoms with Crippen molar-refractivity contribution in [3.05, 3.63) is 48.6 Å². The van der Waals surface area contributed by atoms with Crippen molar-refractivity contribution < 1.29 is 4.74 Å². The molecular weight excluding hydrogens is 174 g/mol. The minimum atomic E-state index is 0.255. The zero-order valence-corrected chi connectivity index (χ0v) is 8.02. The van der Waals surface area contributed by atoms with E-state index in [2.05, 4.69) is 23.7 Å². The second-order valence-electron chi connectivity index (χ2n) is 3.33. The van der Waals surface area contributed by atoms with E-state index in [0.717, 1.165) is 6.42 Å². The Morgan fingerprint density at radius 2 is 2.21 bits per heavy atom. The van der Waals surface area contributed by atoms with Crippen LogP contribution in [0.4, 0.5) is 0 Å². The van der Waals surface area contributed by atoms with Gasteiger partial charge < -0.3 is 4.74 Å². The molecule has 0 aliphatic carbocycles. The summed E-state index contributed by atoms with van der Waals surface area (Å²) in [6.45, 7) is 4.31. The van der Waals surface area contributed by atoms with E-state index in [9.17, 15) is 0 Å². The molecule has 0 N–H and O–H groups in total. The molecule has 0 aromatic heterocycles. The monoisotopic (exact) mass is 187 g/mol. The highest BCUT2D eigenvalue weighted by Crippen LogP contribution is 2.11. The molecule has 14 heavy (non-hydrogen) atoms. The second kappa shape index (κ2) is 4.09. The van der Waals surface area contributed by atoms with Gasteiger partial charge in [0.05, 0.1) is 6.04 Å². The van der Waals surface area contributed by atoms with Crippen LogP contribution >= 0.6 is 0 Å². The molecule has 0 unspecified atom stereocenters. The number of nitrogens with zero attached hydrogens (tertiary/aromatic N) is 1. The number of rotatable bonds is 3. The smallest absolute Gasteiger partial charge is 0.208 e. The summed E-state index contributed by atoms with van der Waals surface area (Å²) >= 11 is 0. The summed E-state index contributed by atoms with van der Waals surface area (Å²) < 4.78 is 5.32. The van der Waals surface area contributed by atoms with Crippen molar-refractivity contribution in [3.8, 4) is 0 Å². The third kappa shape index (κ3) is 2.02.